The van der Waals surface area contributed by atoms with Crippen LogP contribution in [0.25, 0.3) is 21.9 Å². The fourth-order valence-electron chi connectivity index (χ4n) is 2.79. The van der Waals surface area contributed by atoms with E-state index in [1.807, 2.05) is 0 Å². The highest BCUT2D eigenvalue weighted by Gasteiger charge is 2.04. The zero-order valence-corrected chi connectivity index (χ0v) is 11.7. The van der Waals surface area contributed by atoms with Gasteiger partial charge in [-0.05, 0) is 42.7 Å². The van der Waals surface area contributed by atoms with Crippen molar-refractivity contribution in [3.05, 3.63) is 71.3 Å². The second-order valence-electron chi connectivity index (χ2n) is 5.41. The predicted octanol–water partition coefficient (Wildman–Crippen LogP) is 5.43. The van der Waals surface area contributed by atoms with Crippen LogP contribution in [0.15, 0.2) is 54.6 Å². The van der Waals surface area contributed by atoms with Crippen molar-refractivity contribution in [1.29, 1.82) is 0 Å². The van der Waals surface area contributed by atoms with Crippen LogP contribution in [-0.4, -0.2) is 0 Å². The molecular formula is C19H18. The van der Waals surface area contributed by atoms with E-state index in [1.54, 1.807) is 0 Å². The van der Waals surface area contributed by atoms with Crippen LogP contribution in [0, 0.1) is 20.8 Å². The Morgan fingerprint density at radius 3 is 2.11 bits per heavy atom. The lowest BCUT2D eigenvalue weighted by molar-refractivity contribution is 1.39. The largest absolute Gasteiger partial charge is 0.0610 e. The van der Waals surface area contributed by atoms with Crippen LogP contribution in [0.4, 0.5) is 0 Å². The van der Waals surface area contributed by atoms with Gasteiger partial charge in [-0.3, -0.25) is 0 Å². The minimum Gasteiger partial charge on any atom is -0.0610 e. The topological polar surface area (TPSA) is 0 Å². The van der Waals surface area contributed by atoms with Gasteiger partial charge in [0.05, 0.1) is 0 Å². The summed E-state index contributed by atoms with van der Waals surface area (Å²) in [5.74, 6) is 0. The van der Waals surface area contributed by atoms with Gasteiger partial charge in [-0.25, -0.2) is 0 Å². The molecule has 0 aliphatic carbocycles. The van der Waals surface area contributed by atoms with E-state index in [0.29, 0.717) is 0 Å². The average Bonchev–Trinajstić information content (AvgIpc) is 2.36. The first-order chi connectivity index (χ1) is 9.13. The Balaban J connectivity index is 2.30. The molecule has 3 rings (SSSR count). The molecule has 94 valence electrons. The van der Waals surface area contributed by atoms with Crippen molar-refractivity contribution in [1.82, 2.24) is 0 Å². The van der Waals surface area contributed by atoms with Crippen LogP contribution in [0.2, 0.25) is 0 Å². The van der Waals surface area contributed by atoms with E-state index in [2.05, 4.69) is 75.4 Å². The van der Waals surface area contributed by atoms with E-state index in [9.17, 15) is 0 Å². The van der Waals surface area contributed by atoms with Crippen molar-refractivity contribution in [2.24, 2.45) is 0 Å². The zero-order chi connectivity index (χ0) is 13.4. The Kier molecular flexibility index (Phi) is 2.87. The highest BCUT2D eigenvalue weighted by Crippen LogP contribution is 2.30. The Morgan fingerprint density at radius 1 is 0.632 bits per heavy atom. The van der Waals surface area contributed by atoms with Crippen molar-refractivity contribution in [2.75, 3.05) is 0 Å². The molecule has 0 saturated heterocycles. The molecule has 0 aromatic heterocycles. The standard InChI is InChI=1S/C19H18/c1-13-7-8-19-16(10-13)5-4-6-18(19)17-11-14(2)9-15(3)12-17/h4-12H,1-3H3. The van der Waals surface area contributed by atoms with Crippen molar-refractivity contribution in [3.63, 3.8) is 0 Å². The quantitative estimate of drug-likeness (QED) is 0.537. The van der Waals surface area contributed by atoms with Crippen molar-refractivity contribution >= 4 is 10.8 Å². The Hall–Kier alpha value is -2.08. The Labute approximate surface area is 114 Å². The lowest BCUT2D eigenvalue weighted by Crippen LogP contribution is -1.85. The Morgan fingerprint density at radius 2 is 1.37 bits per heavy atom. The molecule has 0 bridgehead atoms. The molecule has 0 N–H and O–H groups in total. The average molecular weight is 246 g/mol. The maximum atomic E-state index is 2.27. The molecule has 19 heavy (non-hydrogen) atoms. The molecule has 0 heterocycles. The van der Waals surface area contributed by atoms with E-state index in [1.165, 1.54) is 38.6 Å². The first-order valence-corrected chi connectivity index (χ1v) is 6.71. The molecule has 3 aromatic rings. The Bertz CT molecular complexity index is 731. The van der Waals surface area contributed by atoms with Gasteiger partial charge in [0, 0.05) is 0 Å². The number of fused-ring (bicyclic) bond motifs is 1. The zero-order valence-electron chi connectivity index (χ0n) is 11.7. The van der Waals surface area contributed by atoms with Gasteiger partial charge in [-0.2, -0.15) is 0 Å². The van der Waals surface area contributed by atoms with E-state index >= 15 is 0 Å². The summed E-state index contributed by atoms with van der Waals surface area (Å²) in [5.41, 5.74) is 6.58. The first kappa shape index (κ1) is 12.0. The monoisotopic (exact) mass is 246 g/mol. The number of benzene rings is 3. The fraction of sp³-hybridized carbons (Fsp3) is 0.158. The summed E-state index contributed by atoms with van der Waals surface area (Å²) >= 11 is 0. The molecule has 0 heteroatoms. The minimum absolute atomic E-state index is 1.31. The second kappa shape index (κ2) is 4.55. The molecular weight excluding hydrogens is 228 g/mol. The summed E-state index contributed by atoms with van der Waals surface area (Å²) in [6.07, 6.45) is 0. The van der Waals surface area contributed by atoms with Gasteiger partial charge in [0.25, 0.3) is 0 Å². The lowest BCUT2D eigenvalue weighted by atomic mass is 9.95. The van der Waals surface area contributed by atoms with E-state index < -0.39 is 0 Å². The molecule has 0 amide bonds. The van der Waals surface area contributed by atoms with E-state index in [-0.39, 0.29) is 0 Å². The summed E-state index contributed by atoms with van der Waals surface area (Å²) in [6.45, 7) is 6.46. The summed E-state index contributed by atoms with van der Waals surface area (Å²) < 4.78 is 0. The summed E-state index contributed by atoms with van der Waals surface area (Å²) in [5, 5.41) is 2.65. The number of hydrogen-bond donors (Lipinski definition) is 0. The molecule has 0 unspecified atom stereocenters. The van der Waals surface area contributed by atoms with Crippen molar-refractivity contribution in [3.8, 4) is 11.1 Å². The third-order valence-electron chi connectivity index (χ3n) is 3.57. The molecule has 0 nitrogen and oxygen atoms in total. The van der Waals surface area contributed by atoms with Gasteiger partial charge >= 0.3 is 0 Å². The van der Waals surface area contributed by atoms with Gasteiger partial charge in [-0.15, -0.1) is 0 Å². The first-order valence-electron chi connectivity index (χ1n) is 6.71. The third kappa shape index (κ3) is 2.26. The van der Waals surface area contributed by atoms with Gasteiger partial charge in [0.1, 0.15) is 0 Å². The van der Waals surface area contributed by atoms with Crippen LogP contribution in [0.5, 0.6) is 0 Å². The van der Waals surface area contributed by atoms with E-state index in [0.717, 1.165) is 0 Å². The molecule has 0 aliphatic rings. The maximum Gasteiger partial charge on any atom is -0.0105 e. The van der Waals surface area contributed by atoms with Crippen LogP contribution in [-0.2, 0) is 0 Å². The summed E-state index contributed by atoms with van der Waals surface area (Å²) in [6, 6.07) is 20.0. The van der Waals surface area contributed by atoms with Gasteiger partial charge in [-0.1, -0.05) is 71.3 Å². The smallest absolute Gasteiger partial charge is 0.0105 e. The molecule has 3 aromatic carbocycles. The fourth-order valence-corrected chi connectivity index (χ4v) is 2.79. The van der Waals surface area contributed by atoms with Crippen LogP contribution < -0.4 is 0 Å². The highest BCUT2D eigenvalue weighted by atomic mass is 14.1. The summed E-state index contributed by atoms with van der Waals surface area (Å²) in [4.78, 5) is 0. The molecule has 0 atom stereocenters. The van der Waals surface area contributed by atoms with Crippen molar-refractivity contribution in [2.45, 2.75) is 20.8 Å². The van der Waals surface area contributed by atoms with E-state index in [4.69, 9.17) is 0 Å². The predicted molar refractivity (Wildman–Crippen MR) is 83.6 cm³/mol. The van der Waals surface area contributed by atoms with Gasteiger partial charge in [0.15, 0.2) is 0 Å². The number of hydrogen-bond acceptors (Lipinski definition) is 0. The number of rotatable bonds is 1. The molecule has 0 aliphatic heterocycles. The lowest BCUT2D eigenvalue weighted by Gasteiger charge is -2.09. The van der Waals surface area contributed by atoms with Crippen LogP contribution in [0.3, 0.4) is 0 Å². The molecule has 0 fully saturated rings. The van der Waals surface area contributed by atoms with Crippen molar-refractivity contribution < 1.29 is 0 Å². The normalized spacial score (nSPS) is 10.9. The molecule has 0 saturated carbocycles. The molecule has 0 spiro atoms. The van der Waals surface area contributed by atoms with Crippen LogP contribution >= 0.6 is 0 Å². The SMILES string of the molecule is Cc1cc(C)cc(-c2cccc3cc(C)ccc23)c1. The highest BCUT2D eigenvalue weighted by molar-refractivity contribution is 5.97. The van der Waals surface area contributed by atoms with Gasteiger partial charge < -0.3 is 0 Å². The second-order valence-corrected chi connectivity index (χ2v) is 5.41. The van der Waals surface area contributed by atoms with Gasteiger partial charge in [0.2, 0.25) is 0 Å². The van der Waals surface area contributed by atoms with Crippen LogP contribution in [0.1, 0.15) is 16.7 Å². The minimum atomic E-state index is 1.31. The maximum absolute atomic E-state index is 2.27. The molecule has 0 radical (unpaired) electrons. The third-order valence-corrected chi connectivity index (χ3v) is 3.57. The summed E-state index contributed by atoms with van der Waals surface area (Å²) in [7, 11) is 0. The number of aryl methyl sites for hydroxylation is 3.